The second kappa shape index (κ2) is 8.22. The molecule has 0 unspecified atom stereocenters. The number of aromatic nitrogens is 1. The SMILES string of the molecule is CCc1cc2c(cc1-c1cc(C(N)=O)c(C)n1CCCOC)C(C)(C)CCC2(C)C. The van der Waals surface area contributed by atoms with E-state index in [1.54, 1.807) is 7.11 Å². The number of aryl methyl sites for hydroxylation is 1. The number of carbonyl (C=O) groups excluding carboxylic acids is 1. The zero-order valence-electron chi connectivity index (χ0n) is 19.8. The first kappa shape index (κ1) is 22.6. The number of nitrogens with two attached hydrogens (primary N) is 1. The monoisotopic (exact) mass is 410 g/mol. The summed E-state index contributed by atoms with van der Waals surface area (Å²) in [6.45, 7) is 15.1. The molecule has 0 spiro atoms. The van der Waals surface area contributed by atoms with Crippen LogP contribution < -0.4 is 5.73 Å². The third kappa shape index (κ3) is 3.94. The third-order valence-electron chi connectivity index (χ3n) is 7.10. The van der Waals surface area contributed by atoms with Crippen molar-refractivity contribution < 1.29 is 9.53 Å². The molecular formula is C26H38N2O2. The molecule has 4 nitrogen and oxygen atoms in total. The van der Waals surface area contributed by atoms with Crippen LogP contribution >= 0.6 is 0 Å². The summed E-state index contributed by atoms with van der Waals surface area (Å²) in [5, 5.41) is 0. The third-order valence-corrected chi connectivity index (χ3v) is 7.10. The van der Waals surface area contributed by atoms with Crippen LogP contribution in [0.4, 0.5) is 0 Å². The average molecular weight is 411 g/mol. The van der Waals surface area contributed by atoms with E-state index in [0.717, 1.165) is 30.8 Å². The van der Waals surface area contributed by atoms with E-state index >= 15 is 0 Å². The molecule has 1 heterocycles. The van der Waals surface area contributed by atoms with Crippen LogP contribution in [0.25, 0.3) is 11.3 Å². The largest absolute Gasteiger partial charge is 0.385 e. The number of fused-ring (bicyclic) bond motifs is 1. The van der Waals surface area contributed by atoms with E-state index in [9.17, 15) is 4.79 Å². The van der Waals surface area contributed by atoms with Gasteiger partial charge in [0.1, 0.15) is 0 Å². The van der Waals surface area contributed by atoms with Gasteiger partial charge in [-0.1, -0.05) is 40.7 Å². The fourth-order valence-corrected chi connectivity index (χ4v) is 4.96. The van der Waals surface area contributed by atoms with Gasteiger partial charge in [-0.05, 0) is 72.3 Å². The van der Waals surface area contributed by atoms with Crippen molar-refractivity contribution in [3.8, 4) is 11.3 Å². The van der Waals surface area contributed by atoms with Crippen molar-refractivity contribution in [3.05, 3.63) is 46.1 Å². The van der Waals surface area contributed by atoms with Gasteiger partial charge in [0, 0.05) is 37.2 Å². The molecule has 3 rings (SSSR count). The maximum atomic E-state index is 12.1. The van der Waals surface area contributed by atoms with E-state index < -0.39 is 0 Å². The molecule has 2 aromatic rings. The van der Waals surface area contributed by atoms with Crippen LogP contribution in [0.2, 0.25) is 0 Å². The molecule has 0 atom stereocenters. The summed E-state index contributed by atoms with van der Waals surface area (Å²) in [6, 6.07) is 6.82. The summed E-state index contributed by atoms with van der Waals surface area (Å²) in [4.78, 5) is 12.1. The summed E-state index contributed by atoms with van der Waals surface area (Å²) >= 11 is 0. The number of rotatable bonds is 7. The van der Waals surface area contributed by atoms with E-state index in [1.165, 1.54) is 35.1 Å². The average Bonchev–Trinajstić information content (AvgIpc) is 3.01. The highest BCUT2D eigenvalue weighted by atomic mass is 16.5. The number of methoxy groups -OCH3 is 1. The number of ether oxygens (including phenoxy) is 1. The molecule has 0 saturated carbocycles. The Kier molecular flexibility index (Phi) is 6.20. The van der Waals surface area contributed by atoms with E-state index in [2.05, 4.69) is 51.3 Å². The van der Waals surface area contributed by atoms with Gasteiger partial charge in [0.25, 0.3) is 5.91 Å². The molecule has 1 aliphatic rings. The number of primary amides is 1. The molecular weight excluding hydrogens is 372 g/mol. The predicted octanol–water partition coefficient (Wildman–Crippen LogP) is 5.51. The Morgan fingerprint density at radius 1 is 1.10 bits per heavy atom. The molecule has 4 heteroatoms. The van der Waals surface area contributed by atoms with Crippen LogP contribution in [-0.2, 0) is 28.5 Å². The second-order valence-electron chi connectivity index (χ2n) is 10.1. The van der Waals surface area contributed by atoms with Gasteiger partial charge < -0.3 is 15.0 Å². The van der Waals surface area contributed by atoms with Crippen molar-refractivity contribution in [1.29, 1.82) is 0 Å². The van der Waals surface area contributed by atoms with Gasteiger partial charge in [0.15, 0.2) is 0 Å². The lowest BCUT2D eigenvalue weighted by atomic mass is 9.62. The normalized spacial score (nSPS) is 17.0. The van der Waals surface area contributed by atoms with E-state index in [0.29, 0.717) is 12.2 Å². The standard InChI is InChI=1S/C26H38N2O2/c1-8-18-14-21-22(26(5,6)11-10-25(21,3)4)15-20(18)23-16-19(24(27)29)17(2)28(23)12-9-13-30-7/h14-16H,8-13H2,1-7H3,(H2,27,29). The van der Waals surface area contributed by atoms with Gasteiger partial charge in [-0.25, -0.2) is 0 Å². The predicted molar refractivity (Wildman–Crippen MR) is 124 cm³/mol. The molecule has 0 radical (unpaired) electrons. The highest BCUT2D eigenvalue weighted by Crippen LogP contribution is 2.48. The van der Waals surface area contributed by atoms with Crippen molar-refractivity contribution in [2.75, 3.05) is 13.7 Å². The molecule has 2 N–H and O–H groups in total. The lowest BCUT2D eigenvalue weighted by Crippen LogP contribution is -2.34. The van der Waals surface area contributed by atoms with Crippen molar-refractivity contribution in [2.24, 2.45) is 5.73 Å². The summed E-state index contributed by atoms with van der Waals surface area (Å²) < 4.78 is 7.52. The maximum absolute atomic E-state index is 12.1. The Morgan fingerprint density at radius 3 is 2.23 bits per heavy atom. The Morgan fingerprint density at radius 2 is 1.70 bits per heavy atom. The minimum atomic E-state index is -0.364. The first-order valence-electron chi connectivity index (χ1n) is 11.2. The van der Waals surface area contributed by atoms with Crippen LogP contribution in [-0.4, -0.2) is 24.2 Å². The fraction of sp³-hybridized carbons (Fsp3) is 0.577. The second-order valence-corrected chi connectivity index (χ2v) is 10.1. The minimum absolute atomic E-state index is 0.140. The first-order chi connectivity index (χ1) is 14.0. The number of benzene rings is 1. The zero-order valence-corrected chi connectivity index (χ0v) is 19.8. The number of hydrogen-bond donors (Lipinski definition) is 1. The van der Waals surface area contributed by atoms with E-state index in [4.69, 9.17) is 10.5 Å². The number of nitrogens with zero attached hydrogens (tertiary/aromatic N) is 1. The summed E-state index contributed by atoms with van der Waals surface area (Å²) in [5.74, 6) is -0.364. The first-order valence-corrected chi connectivity index (χ1v) is 11.2. The highest BCUT2D eigenvalue weighted by Gasteiger charge is 2.38. The van der Waals surface area contributed by atoms with Crippen molar-refractivity contribution >= 4 is 5.91 Å². The Labute approximate surface area is 181 Å². The van der Waals surface area contributed by atoms with Gasteiger partial charge in [-0.3, -0.25) is 4.79 Å². The van der Waals surface area contributed by atoms with Crippen LogP contribution in [0, 0.1) is 6.92 Å². The van der Waals surface area contributed by atoms with E-state index in [1.807, 2.05) is 13.0 Å². The Bertz CT molecular complexity index is 950. The molecule has 1 aromatic heterocycles. The van der Waals surface area contributed by atoms with Crippen molar-refractivity contribution in [1.82, 2.24) is 4.57 Å². The molecule has 0 bridgehead atoms. The van der Waals surface area contributed by atoms with Gasteiger partial charge in [-0.2, -0.15) is 0 Å². The van der Waals surface area contributed by atoms with Crippen LogP contribution in [0.1, 0.15) is 86.6 Å². The smallest absolute Gasteiger partial charge is 0.250 e. The van der Waals surface area contributed by atoms with Crippen LogP contribution in [0.5, 0.6) is 0 Å². The number of amides is 1. The van der Waals surface area contributed by atoms with E-state index in [-0.39, 0.29) is 16.7 Å². The molecule has 0 saturated heterocycles. The lowest BCUT2D eigenvalue weighted by molar-refractivity contribution is 0.0999. The van der Waals surface area contributed by atoms with Gasteiger partial charge in [0.05, 0.1) is 5.56 Å². The van der Waals surface area contributed by atoms with Crippen molar-refractivity contribution in [3.63, 3.8) is 0 Å². The summed E-state index contributed by atoms with van der Waals surface area (Å²) in [7, 11) is 1.72. The zero-order chi connectivity index (χ0) is 22.3. The topological polar surface area (TPSA) is 57.2 Å². The molecule has 0 aliphatic heterocycles. The van der Waals surface area contributed by atoms with Crippen molar-refractivity contribution in [2.45, 2.75) is 84.6 Å². The Hall–Kier alpha value is -2.07. The van der Waals surface area contributed by atoms with Gasteiger partial charge in [-0.15, -0.1) is 0 Å². The fourth-order valence-electron chi connectivity index (χ4n) is 4.96. The Balaban J connectivity index is 2.25. The van der Waals surface area contributed by atoms with Gasteiger partial charge >= 0.3 is 0 Å². The summed E-state index contributed by atoms with van der Waals surface area (Å²) in [5.41, 5.74) is 14.2. The number of hydrogen-bond acceptors (Lipinski definition) is 2. The molecule has 1 amide bonds. The van der Waals surface area contributed by atoms with Gasteiger partial charge in [0.2, 0.25) is 0 Å². The van der Waals surface area contributed by atoms with Crippen LogP contribution in [0.15, 0.2) is 18.2 Å². The maximum Gasteiger partial charge on any atom is 0.250 e. The minimum Gasteiger partial charge on any atom is -0.385 e. The lowest BCUT2D eigenvalue weighted by Gasteiger charge is -2.42. The molecule has 0 fully saturated rings. The van der Waals surface area contributed by atoms with Crippen LogP contribution in [0.3, 0.4) is 0 Å². The number of carbonyl (C=O) groups is 1. The molecule has 1 aliphatic carbocycles. The molecule has 30 heavy (non-hydrogen) atoms. The summed E-state index contributed by atoms with van der Waals surface area (Å²) in [6.07, 6.45) is 4.22. The molecule has 164 valence electrons. The molecule has 1 aromatic carbocycles. The highest BCUT2D eigenvalue weighted by molar-refractivity contribution is 5.96. The quantitative estimate of drug-likeness (QED) is 0.612.